The maximum atomic E-state index is 8.94. The molecule has 0 fully saturated rings. The minimum absolute atomic E-state index is 0.268. The van der Waals surface area contributed by atoms with E-state index in [0.29, 0.717) is 10.6 Å². The number of hydrogen-bond donors (Lipinski definition) is 0. The van der Waals surface area contributed by atoms with Crippen LogP contribution in [-0.2, 0) is 0 Å². The van der Waals surface area contributed by atoms with Gasteiger partial charge in [-0.15, -0.1) is 11.3 Å². The van der Waals surface area contributed by atoms with Gasteiger partial charge in [0.25, 0.3) is 0 Å². The first-order valence-corrected chi connectivity index (χ1v) is 5.03. The maximum absolute atomic E-state index is 8.94. The molecule has 0 spiro atoms. The molecule has 0 aliphatic carbocycles. The van der Waals surface area contributed by atoms with E-state index in [-0.39, 0.29) is 5.56 Å². The topological polar surface area (TPSA) is 47.6 Å². The second-order valence-electron chi connectivity index (χ2n) is 2.67. The molecular weight excluding hydrogens is 216 g/mol. The zero-order valence-electron chi connectivity index (χ0n) is 6.91. The average molecular weight is 219 g/mol. The molecule has 0 bridgehead atoms. The number of thiophene rings is 1. The fourth-order valence-electron chi connectivity index (χ4n) is 1.29. The standard InChI is InChI=1S/C10H3ClN2S/c11-9-3-6-1-2-14-10(6)8(5-13)7(9)4-12/h1-3H. The lowest BCUT2D eigenvalue weighted by atomic mass is 10.1. The van der Waals surface area contributed by atoms with E-state index >= 15 is 0 Å². The van der Waals surface area contributed by atoms with Gasteiger partial charge in [-0.1, -0.05) is 11.6 Å². The van der Waals surface area contributed by atoms with Crippen LogP contribution < -0.4 is 0 Å². The van der Waals surface area contributed by atoms with Crippen molar-refractivity contribution >= 4 is 33.0 Å². The number of benzene rings is 1. The van der Waals surface area contributed by atoms with Crippen LogP contribution in [0.25, 0.3) is 10.1 Å². The molecule has 0 aliphatic rings. The van der Waals surface area contributed by atoms with Gasteiger partial charge in [0.05, 0.1) is 20.8 Å². The Bertz CT molecular complexity index is 586. The van der Waals surface area contributed by atoms with Gasteiger partial charge in [0, 0.05) is 0 Å². The minimum atomic E-state index is 0.268. The highest BCUT2D eigenvalue weighted by Crippen LogP contribution is 2.31. The van der Waals surface area contributed by atoms with E-state index in [9.17, 15) is 0 Å². The van der Waals surface area contributed by atoms with Crippen LogP contribution in [0.4, 0.5) is 0 Å². The number of nitrogens with zero attached hydrogens (tertiary/aromatic N) is 2. The summed E-state index contributed by atoms with van der Waals surface area (Å²) in [5.41, 5.74) is 0.647. The zero-order chi connectivity index (χ0) is 10.1. The van der Waals surface area contributed by atoms with E-state index in [1.807, 2.05) is 23.6 Å². The number of halogens is 1. The third-order valence-electron chi connectivity index (χ3n) is 1.92. The fraction of sp³-hybridized carbons (Fsp3) is 0. The van der Waals surface area contributed by atoms with Crippen LogP contribution in [0, 0.1) is 22.7 Å². The van der Waals surface area contributed by atoms with Crippen LogP contribution in [0.5, 0.6) is 0 Å². The lowest BCUT2D eigenvalue weighted by Gasteiger charge is -1.98. The third kappa shape index (κ3) is 1.15. The van der Waals surface area contributed by atoms with Crippen molar-refractivity contribution in [2.45, 2.75) is 0 Å². The Morgan fingerprint density at radius 1 is 1.21 bits per heavy atom. The molecular formula is C10H3ClN2S. The van der Waals surface area contributed by atoms with Crippen molar-refractivity contribution in [1.82, 2.24) is 0 Å². The highest BCUT2D eigenvalue weighted by Gasteiger charge is 2.12. The molecule has 1 aromatic heterocycles. The van der Waals surface area contributed by atoms with Crippen molar-refractivity contribution in [3.8, 4) is 12.1 Å². The number of nitriles is 2. The third-order valence-corrected chi connectivity index (χ3v) is 3.16. The van der Waals surface area contributed by atoms with Gasteiger partial charge in [-0.25, -0.2) is 0 Å². The lowest BCUT2D eigenvalue weighted by Crippen LogP contribution is -1.85. The van der Waals surface area contributed by atoms with Crippen molar-refractivity contribution in [2.24, 2.45) is 0 Å². The van der Waals surface area contributed by atoms with Gasteiger partial charge in [0.1, 0.15) is 12.1 Å². The molecule has 0 aliphatic heterocycles. The van der Waals surface area contributed by atoms with Crippen molar-refractivity contribution in [3.63, 3.8) is 0 Å². The first-order valence-electron chi connectivity index (χ1n) is 3.78. The molecule has 0 atom stereocenters. The molecule has 66 valence electrons. The van der Waals surface area contributed by atoms with Crippen molar-refractivity contribution in [2.75, 3.05) is 0 Å². The fourth-order valence-corrected chi connectivity index (χ4v) is 2.43. The smallest absolute Gasteiger partial charge is 0.102 e. The second-order valence-corrected chi connectivity index (χ2v) is 3.99. The Morgan fingerprint density at radius 2 is 1.93 bits per heavy atom. The van der Waals surface area contributed by atoms with Gasteiger partial charge in [0.2, 0.25) is 0 Å². The van der Waals surface area contributed by atoms with Crippen LogP contribution in [-0.4, -0.2) is 0 Å². The van der Waals surface area contributed by atoms with Gasteiger partial charge < -0.3 is 0 Å². The normalized spacial score (nSPS) is 9.64. The summed E-state index contributed by atoms with van der Waals surface area (Å²) < 4.78 is 0.827. The van der Waals surface area contributed by atoms with Crippen molar-refractivity contribution in [1.29, 1.82) is 10.5 Å². The summed E-state index contributed by atoms with van der Waals surface area (Å²) in [6.07, 6.45) is 0. The Morgan fingerprint density at radius 3 is 2.57 bits per heavy atom. The van der Waals surface area contributed by atoms with E-state index in [1.54, 1.807) is 6.07 Å². The highest BCUT2D eigenvalue weighted by atomic mass is 35.5. The minimum Gasteiger partial charge on any atom is -0.192 e. The lowest BCUT2D eigenvalue weighted by molar-refractivity contribution is 1.46. The quantitative estimate of drug-likeness (QED) is 0.681. The summed E-state index contributed by atoms with van der Waals surface area (Å²) in [4.78, 5) is 0. The van der Waals surface area contributed by atoms with Gasteiger partial charge >= 0.3 is 0 Å². The van der Waals surface area contributed by atoms with Crippen LogP contribution in [0.3, 0.4) is 0 Å². The molecule has 1 aromatic carbocycles. The van der Waals surface area contributed by atoms with Gasteiger partial charge in [-0.3, -0.25) is 0 Å². The average Bonchev–Trinajstić information content (AvgIpc) is 2.62. The highest BCUT2D eigenvalue weighted by molar-refractivity contribution is 7.17. The summed E-state index contributed by atoms with van der Waals surface area (Å²) in [7, 11) is 0. The second kappa shape index (κ2) is 3.31. The van der Waals surface area contributed by atoms with Crippen LogP contribution in [0.1, 0.15) is 11.1 Å². The molecule has 0 N–H and O–H groups in total. The molecule has 1 heterocycles. The zero-order valence-corrected chi connectivity index (χ0v) is 8.49. The number of rotatable bonds is 0. The molecule has 0 amide bonds. The molecule has 2 nitrogen and oxygen atoms in total. The van der Waals surface area contributed by atoms with E-state index < -0.39 is 0 Å². The van der Waals surface area contributed by atoms with E-state index in [2.05, 4.69) is 0 Å². The first-order chi connectivity index (χ1) is 6.77. The summed E-state index contributed by atoms with van der Waals surface area (Å²) >= 11 is 7.32. The predicted octanol–water partition coefficient (Wildman–Crippen LogP) is 3.30. The predicted molar refractivity (Wildman–Crippen MR) is 56.3 cm³/mol. The Kier molecular flexibility index (Phi) is 2.13. The number of hydrogen-bond acceptors (Lipinski definition) is 3. The Labute approximate surface area is 89.6 Å². The van der Waals surface area contributed by atoms with Crippen molar-refractivity contribution in [3.05, 3.63) is 33.7 Å². The summed E-state index contributed by atoms with van der Waals surface area (Å²) in [6, 6.07) is 7.57. The van der Waals surface area contributed by atoms with Crippen molar-refractivity contribution < 1.29 is 0 Å². The molecule has 0 saturated carbocycles. The van der Waals surface area contributed by atoms with E-state index in [1.165, 1.54) is 11.3 Å². The molecule has 2 aromatic rings. The molecule has 2 rings (SSSR count). The molecule has 4 heteroatoms. The maximum Gasteiger partial charge on any atom is 0.102 e. The van der Waals surface area contributed by atoms with Gasteiger partial charge in [0.15, 0.2) is 0 Å². The monoisotopic (exact) mass is 218 g/mol. The van der Waals surface area contributed by atoms with Crippen LogP contribution >= 0.6 is 22.9 Å². The molecule has 0 saturated heterocycles. The molecule has 0 radical (unpaired) electrons. The first kappa shape index (κ1) is 9.02. The largest absolute Gasteiger partial charge is 0.192 e. The van der Waals surface area contributed by atoms with E-state index in [4.69, 9.17) is 22.1 Å². The Hall–Kier alpha value is -1.55. The van der Waals surface area contributed by atoms with Gasteiger partial charge in [-0.2, -0.15) is 10.5 Å². The SMILES string of the molecule is N#Cc1c(Cl)cc2ccsc2c1C#N. The molecule has 14 heavy (non-hydrogen) atoms. The number of fused-ring (bicyclic) bond motifs is 1. The van der Waals surface area contributed by atoms with Gasteiger partial charge in [-0.05, 0) is 22.9 Å². The van der Waals surface area contributed by atoms with Crippen LogP contribution in [0.15, 0.2) is 17.5 Å². The van der Waals surface area contributed by atoms with Crippen LogP contribution in [0.2, 0.25) is 5.02 Å². The molecule has 0 unspecified atom stereocenters. The Balaban J connectivity index is 3.00. The summed E-state index contributed by atoms with van der Waals surface area (Å²) in [5, 5.41) is 20.9. The van der Waals surface area contributed by atoms with E-state index in [0.717, 1.165) is 10.1 Å². The summed E-state index contributed by atoms with van der Waals surface area (Å²) in [5.74, 6) is 0. The summed E-state index contributed by atoms with van der Waals surface area (Å²) in [6.45, 7) is 0.